The Hall–Kier alpha value is -7.30. The summed E-state index contributed by atoms with van der Waals surface area (Å²) < 4.78 is 47.7. The molecule has 0 saturated carbocycles. The third kappa shape index (κ3) is 20.0. The van der Waals surface area contributed by atoms with Crippen LogP contribution in [0.1, 0.15) is 56.2 Å². The van der Waals surface area contributed by atoms with Crippen LogP contribution >= 0.6 is 0 Å². The van der Waals surface area contributed by atoms with Crippen molar-refractivity contribution in [3.05, 3.63) is 126 Å². The summed E-state index contributed by atoms with van der Waals surface area (Å²) >= 11 is 0. The van der Waals surface area contributed by atoms with Gasteiger partial charge in [-0.15, -0.1) is 0 Å². The standard InChI is InChI=1S/C47H56N2O15/c1-32(2)43(51)60-23-7-8-41(50)59-29-26-56-38-15-9-35(10-16-38)42(36-11-17-39(18-12-36)57-27-30-63-46(54)48-21-24-61-44(52)33(3)4)37-13-19-40(20-14-37)58-28-31-64-47(55)49-22-25-62-45(53)34(5)6/h9-20,42H,1,3,5,7-8,21-31H2,2,4,6H3,(H,48,54)(H,49,55). The summed E-state index contributed by atoms with van der Waals surface area (Å²) in [6, 6.07) is 22.5. The molecule has 3 aromatic rings. The number of hydrogen-bond donors (Lipinski definition) is 2. The summed E-state index contributed by atoms with van der Waals surface area (Å²) in [5.74, 6) is -0.574. The lowest BCUT2D eigenvalue weighted by Crippen LogP contribution is -2.29. The molecule has 64 heavy (non-hydrogen) atoms. The van der Waals surface area contributed by atoms with Crippen LogP contribution in [0.5, 0.6) is 17.2 Å². The molecule has 0 atom stereocenters. The lowest BCUT2D eigenvalue weighted by Gasteiger charge is -2.20. The SMILES string of the molecule is C=C(C)C(=O)OCCCC(=O)OCCOc1ccc(C(c2ccc(OCCOC(=O)NCCOC(=O)C(=C)C)cc2)c2ccc(OCCOC(=O)NCCOC(=O)C(=C)C)cc2)cc1. The molecule has 344 valence electrons. The minimum Gasteiger partial charge on any atom is -0.490 e. The van der Waals surface area contributed by atoms with E-state index in [0.29, 0.717) is 23.7 Å². The zero-order valence-electron chi connectivity index (χ0n) is 36.4. The number of ether oxygens (including phenoxy) is 9. The average molecular weight is 889 g/mol. The summed E-state index contributed by atoms with van der Waals surface area (Å²) in [5, 5.41) is 4.98. The van der Waals surface area contributed by atoms with Crippen LogP contribution in [0.4, 0.5) is 9.59 Å². The van der Waals surface area contributed by atoms with E-state index in [9.17, 15) is 28.8 Å². The first-order valence-electron chi connectivity index (χ1n) is 20.4. The maximum atomic E-state index is 12.1. The summed E-state index contributed by atoms with van der Waals surface area (Å²) in [7, 11) is 0. The van der Waals surface area contributed by atoms with Gasteiger partial charge >= 0.3 is 36.1 Å². The van der Waals surface area contributed by atoms with Crippen LogP contribution in [0.3, 0.4) is 0 Å². The van der Waals surface area contributed by atoms with Crippen LogP contribution in [0.25, 0.3) is 0 Å². The van der Waals surface area contributed by atoms with Gasteiger partial charge in [0, 0.05) is 29.1 Å². The predicted octanol–water partition coefficient (Wildman–Crippen LogP) is 6.14. The fraction of sp³-hybridized carbons (Fsp3) is 0.362. The Kier molecular flexibility index (Phi) is 22.6. The van der Waals surface area contributed by atoms with Gasteiger partial charge < -0.3 is 53.3 Å². The highest BCUT2D eigenvalue weighted by atomic mass is 16.6. The molecule has 17 heteroatoms. The van der Waals surface area contributed by atoms with E-state index in [1.165, 1.54) is 13.8 Å². The van der Waals surface area contributed by atoms with E-state index in [1.54, 1.807) is 6.92 Å². The number of benzene rings is 3. The smallest absolute Gasteiger partial charge is 0.407 e. The highest BCUT2D eigenvalue weighted by Crippen LogP contribution is 2.34. The molecule has 2 amide bonds. The van der Waals surface area contributed by atoms with Gasteiger partial charge in [0.1, 0.15) is 70.1 Å². The van der Waals surface area contributed by atoms with Crippen LogP contribution in [0, 0.1) is 0 Å². The molecular formula is C47H56N2O15. The Labute approximate surface area is 372 Å². The maximum absolute atomic E-state index is 12.1. The number of esters is 4. The summed E-state index contributed by atoms with van der Waals surface area (Å²) in [6.45, 7) is 15.7. The second-order valence-electron chi connectivity index (χ2n) is 13.9. The quantitative estimate of drug-likeness (QED) is 0.0276. The minimum absolute atomic E-state index is 0.0159. The van der Waals surface area contributed by atoms with E-state index in [2.05, 4.69) is 30.4 Å². The maximum Gasteiger partial charge on any atom is 0.407 e. The number of carbonyl (C=O) groups excluding carboxylic acids is 6. The molecule has 0 aliphatic rings. The number of rotatable bonds is 28. The minimum atomic E-state index is -0.676. The van der Waals surface area contributed by atoms with E-state index < -0.39 is 36.1 Å². The summed E-state index contributed by atoms with van der Waals surface area (Å²) in [5.41, 5.74) is 3.63. The van der Waals surface area contributed by atoms with Gasteiger partial charge in [-0.25, -0.2) is 24.0 Å². The summed E-state index contributed by atoms with van der Waals surface area (Å²) in [4.78, 5) is 70.3. The zero-order chi connectivity index (χ0) is 46.7. The molecule has 0 aromatic heterocycles. The Bertz CT molecular complexity index is 1800. The van der Waals surface area contributed by atoms with Crippen molar-refractivity contribution in [1.29, 1.82) is 0 Å². The molecule has 0 spiro atoms. The third-order valence-corrected chi connectivity index (χ3v) is 8.44. The number of amides is 2. The van der Waals surface area contributed by atoms with E-state index in [1.807, 2.05) is 72.8 Å². The van der Waals surface area contributed by atoms with E-state index >= 15 is 0 Å². The van der Waals surface area contributed by atoms with Gasteiger partial charge in [0.25, 0.3) is 0 Å². The van der Waals surface area contributed by atoms with Crippen LogP contribution in [0.2, 0.25) is 0 Å². The highest BCUT2D eigenvalue weighted by Gasteiger charge is 2.18. The van der Waals surface area contributed by atoms with Crippen LogP contribution in [-0.4, -0.2) is 109 Å². The van der Waals surface area contributed by atoms with Gasteiger partial charge in [0.05, 0.1) is 19.7 Å². The Morgan fingerprint density at radius 2 is 0.766 bits per heavy atom. The fourth-order valence-electron chi connectivity index (χ4n) is 5.27. The number of carbonyl (C=O) groups is 6. The van der Waals surface area contributed by atoms with Crippen molar-refractivity contribution in [1.82, 2.24) is 10.6 Å². The zero-order valence-corrected chi connectivity index (χ0v) is 36.4. The first kappa shape index (κ1) is 51.1. The van der Waals surface area contributed by atoms with Crippen LogP contribution in [0.15, 0.2) is 109 Å². The molecule has 0 radical (unpaired) electrons. The van der Waals surface area contributed by atoms with Gasteiger partial charge in [-0.05, 0) is 80.3 Å². The van der Waals surface area contributed by atoms with Crippen molar-refractivity contribution in [2.24, 2.45) is 0 Å². The van der Waals surface area contributed by atoms with Crippen molar-refractivity contribution >= 4 is 36.1 Å². The molecule has 17 nitrogen and oxygen atoms in total. The molecule has 3 rings (SSSR count). The molecule has 0 unspecified atom stereocenters. The Morgan fingerprint density at radius 1 is 0.438 bits per heavy atom. The first-order valence-corrected chi connectivity index (χ1v) is 20.4. The van der Waals surface area contributed by atoms with Crippen molar-refractivity contribution in [3.8, 4) is 17.2 Å². The predicted molar refractivity (Wildman–Crippen MR) is 233 cm³/mol. The highest BCUT2D eigenvalue weighted by molar-refractivity contribution is 5.87. The molecular weight excluding hydrogens is 833 g/mol. The van der Waals surface area contributed by atoms with Crippen LogP contribution < -0.4 is 24.8 Å². The van der Waals surface area contributed by atoms with Crippen molar-refractivity contribution in [2.45, 2.75) is 39.5 Å². The van der Waals surface area contributed by atoms with E-state index in [0.717, 1.165) is 16.7 Å². The number of nitrogens with one attached hydrogen (secondary N) is 2. The third-order valence-electron chi connectivity index (χ3n) is 8.44. The molecule has 0 aliphatic carbocycles. The fourth-order valence-corrected chi connectivity index (χ4v) is 5.27. The molecule has 3 aromatic carbocycles. The number of hydrogen-bond acceptors (Lipinski definition) is 15. The van der Waals surface area contributed by atoms with Gasteiger partial charge in [0.2, 0.25) is 0 Å². The van der Waals surface area contributed by atoms with Gasteiger partial charge in [-0.3, -0.25) is 4.79 Å². The monoisotopic (exact) mass is 888 g/mol. The molecule has 0 saturated heterocycles. The van der Waals surface area contributed by atoms with Crippen LogP contribution in [-0.2, 0) is 47.6 Å². The van der Waals surface area contributed by atoms with Gasteiger partial charge in [0.15, 0.2) is 0 Å². The van der Waals surface area contributed by atoms with Crippen molar-refractivity contribution in [2.75, 3.05) is 72.6 Å². The second-order valence-corrected chi connectivity index (χ2v) is 13.9. The molecule has 0 heterocycles. The topological polar surface area (TPSA) is 210 Å². The lowest BCUT2D eigenvalue weighted by molar-refractivity contribution is -0.146. The van der Waals surface area contributed by atoms with Crippen molar-refractivity contribution < 1.29 is 71.4 Å². The Morgan fingerprint density at radius 3 is 1.11 bits per heavy atom. The largest absolute Gasteiger partial charge is 0.490 e. The first-order chi connectivity index (χ1) is 30.7. The molecule has 0 bridgehead atoms. The lowest BCUT2D eigenvalue weighted by atomic mass is 9.85. The molecule has 0 aliphatic heterocycles. The van der Waals surface area contributed by atoms with E-state index in [4.69, 9.17) is 42.6 Å². The number of alkyl carbamates (subject to hydrolysis) is 2. The molecule has 2 N–H and O–H groups in total. The van der Waals surface area contributed by atoms with Gasteiger partial charge in [-0.1, -0.05) is 56.1 Å². The van der Waals surface area contributed by atoms with E-state index in [-0.39, 0.29) is 102 Å². The average Bonchev–Trinajstić information content (AvgIpc) is 3.28. The molecule has 0 fully saturated rings. The second kappa shape index (κ2) is 28.3. The Balaban J connectivity index is 1.57. The van der Waals surface area contributed by atoms with Gasteiger partial charge in [-0.2, -0.15) is 0 Å². The summed E-state index contributed by atoms with van der Waals surface area (Å²) in [6.07, 6.45) is -0.926. The van der Waals surface area contributed by atoms with Crippen molar-refractivity contribution in [3.63, 3.8) is 0 Å². The normalized spacial score (nSPS) is 10.4.